The molecule has 0 unspecified atom stereocenters. The maximum atomic E-state index is 12.4. The average molecular weight is 408 g/mol. The third-order valence-electron chi connectivity index (χ3n) is 3.98. The fourth-order valence-corrected chi connectivity index (χ4v) is 2.76. The van der Waals surface area contributed by atoms with Crippen LogP contribution >= 0.6 is 11.6 Å². The summed E-state index contributed by atoms with van der Waals surface area (Å²) in [5.74, 6) is -0.0783. The number of carbonyl (C=O) groups excluding carboxylic acids is 2. The highest BCUT2D eigenvalue weighted by atomic mass is 35.5. The zero-order valence-electron chi connectivity index (χ0n) is 15.6. The van der Waals surface area contributed by atoms with Crippen LogP contribution in [0, 0.1) is 0 Å². The molecule has 146 valence electrons. The number of methoxy groups -OCH3 is 1. The summed E-state index contributed by atoms with van der Waals surface area (Å²) in [5.41, 5.74) is 4.46. The predicted octanol–water partition coefficient (Wildman–Crippen LogP) is 4.36. The quantitative estimate of drug-likeness (QED) is 0.470. The minimum absolute atomic E-state index is 0.320. The number of amides is 2. The molecule has 0 aliphatic carbocycles. The Morgan fingerprint density at radius 1 is 0.931 bits per heavy atom. The van der Waals surface area contributed by atoms with Crippen LogP contribution in [0.2, 0.25) is 5.02 Å². The monoisotopic (exact) mass is 407 g/mol. The van der Waals surface area contributed by atoms with Crippen molar-refractivity contribution in [2.45, 2.75) is 0 Å². The molecule has 0 saturated carbocycles. The van der Waals surface area contributed by atoms with Crippen molar-refractivity contribution in [2.75, 3.05) is 12.4 Å². The topological polar surface area (TPSA) is 79.8 Å². The third-order valence-corrected chi connectivity index (χ3v) is 4.21. The standard InChI is InChI=1S/C22H18ClN3O3/c1-29-20-11-3-2-6-17(20)14-24-26-22(28)16-8-5-10-19(13-16)25-21(27)15-7-4-9-18(23)12-15/h2-14H,1H3,(H,25,27)(H,26,28)/b24-14+. The van der Waals surface area contributed by atoms with Crippen LogP contribution in [-0.4, -0.2) is 25.1 Å². The van der Waals surface area contributed by atoms with Crippen molar-refractivity contribution in [1.82, 2.24) is 5.43 Å². The normalized spacial score (nSPS) is 10.6. The third kappa shape index (κ3) is 5.43. The molecule has 6 nitrogen and oxygen atoms in total. The van der Waals surface area contributed by atoms with Gasteiger partial charge in [-0.15, -0.1) is 0 Å². The summed E-state index contributed by atoms with van der Waals surface area (Å²) >= 11 is 5.92. The first-order valence-corrected chi connectivity index (χ1v) is 9.08. The maximum Gasteiger partial charge on any atom is 0.271 e. The van der Waals surface area contributed by atoms with Crippen LogP contribution in [0.3, 0.4) is 0 Å². The molecule has 0 aliphatic rings. The Balaban J connectivity index is 1.66. The number of nitrogens with zero attached hydrogens (tertiary/aromatic N) is 1. The zero-order chi connectivity index (χ0) is 20.6. The zero-order valence-corrected chi connectivity index (χ0v) is 16.3. The molecule has 0 atom stereocenters. The number of nitrogens with one attached hydrogen (secondary N) is 2. The molecule has 0 saturated heterocycles. The van der Waals surface area contributed by atoms with Gasteiger partial charge < -0.3 is 10.1 Å². The van der Waals surface area contributed by atoms with Crippen LogP contribution in [0.1, 0.15) is 26.3 Å². The summed E-state index contributed by atoms with van der Waals surface area (Å²) in [6.45, 7) is 0. The fraction of sp³-hybridized carbons (Fsp3) is 0.0455. The van der Waals surface area contributed by atoms with Crippen molar-refractivity contribution < 1.29 is 14.3 Å². The molecule has 3 aromatic rings. The summed E-state index contributed by atoms with van der Waals surface area (Å²) in [6.07, 6.45) is 1.50. The number of benzene rings is 3. The Kier molecular flexibility index (Phi) is 6.60. The summed E-state index contributed by atoms with van der Waals surface area (Å²) in [6, 6.07) is 20.5. The molecule has 0 aliphatic heterocycles. The lowest BCUT2D eigenvalue weighted by Crippen LogP contribution is -2.18. The van der Waals surface area contributed by atoms with Gasteiger partial charge in [-0.1, -0.05) is 35.9 Å². The molecule has 3 aromatic carbocycles. The van der Waals surface area contributed by atoms with Crippen molar-refractivity contribution >= 4 is 35.3 Å². The molecule has 2 N–H and O–H groups in total. The first kappa shape index (κ1) is 20.1. The lowest BCUT2D eigenvalue weighted by molar-refractivity contribution is 0.0953. The molecule has 0 aromatic heterocycles. The number of hydrazone groups is 1. The molecule has 0 bridgehead atoms. The van der Waals surface area contributed by atoms with E-state index < -0.39 is 5.91 Å². The van der Waals surface area contributed by atoms with Crippen LogP contribution in [0.5, 0.6) is 5.75 Å². The van der Waals surface area contributed by atoms with Crippen LogP contribution in [-0.2, 0) is 0 Å². The van der Waals surface area contributed by atoms with E-state index in [0.717, 1.165) is 5.56 Å². The number of ether oxygens (including phenoxy) is 1. The molecule has 0 radical (unpaired) electrons. The van der Waals surface area contributed by atoms with E-state index in [-0.39, 0.29) is 5.91 Å². The smallest absolute Gasteiger partial charge is 0.271 e. The Labute approximate surface area is 173 Å². The van der Waals surface area contributed by atoms with Gasteiger partial charge in [-0.25, -0.2) is 5.43 Å². The van der Waals surface area contributed by atoms with Crippen molar-refractivity contribution in [2.24, 2.45) is 5.10 Å². The highest BCUT2D eigenvalue weighted by molar-refractivity contribution is 6.31. The summed E-state index contributed by atoms with van der Waals surface area (Å²) < 4.78 is 5.23. The van der Waals surface area contributed by atoms with E-state index in [1.54, 1.807) is 61.7 Å². The second kappa shape index (κ2) is 9.52. The van der Waals surface area contributed by atoms with E-state index in [2.05, 4.69) is 15.8 Å². The first-order chi connectivity index (χ1) is 14.1. The van der Waals surface area contributed by atoms with E-state index in [4.69, 9.17) is 16.3 Å². The highest BCUT2D eigenvalue weighted by Gasteiger charge is 2.09. The van der Waals surface area contributed by atoms with Crippen LogP contribution < -0.4 is 15.5 Å². The molecular weight excluding hydrogens is 390 g/mol. The Bertz CT molecular complexity index is 1070. The van der Waals surface area contributed by atoms with Gasteiger partial charge >= 0.3 is 0 Å². The first-order valence-electron chi connectivity index (χ1n) is 8.70. The molecule has 0 fully saturated rings. The van der Waals surface area contributed by atoms with Gasteiger partial charge in [0.1, 0.15) is 5.75 Å². The lowest BCUT2D eigenvalue weighted by atomic mass is 10.1. The van der Waals surface area contributed by atoms with Gasteiger partial charge in [0, 0.05) is 27.4 Å². The van der Waals surface area contributed by atoms with E-state index in [0.29, 0.717) is 27.6 Å². The number of carbonyl (C=O) groups is 2. The minimum Gasteiger partial charge on any atom is -0.496 e. The van der Waals surface area contributed by atoms with Gasteiger partial charge in [0.2, 0.25) is 0 Å². The number of hydrogen-bond acceptors (Lipinski definition) is 4. The molecule has 3 rings (SSSR count). The van der Waals surface area contributed by atoms with E-state index in [1.807, 2.05) is 18.2 Å². The predicted molar refractivity (Wildman–Crippen MR) is 114 cm³/mol. The number of para-hydroxylation sites is 1. The van der Waals surface area contributed by atoms with Crippen molar-refractivity contribution in [1.29, 1.82) is 0 Å². The number of halogens is 1. The molecule has 2 amide bonds. The second-order valence-corrected chi connectivity index (χ2v) is 6.42. The van der Waals surface area contributed by atoms with E-state index in [9.17, 15) is 9.59 Å². The minimum atomic E-state index is -0.407. The number of anilines is 1. The van der Waals surface area contributed by atoms with Gasteiger partial charge in [-0.2, -0.15) is 5.10 Å². The van der Waals surface area contributed by atoms with Gasteiger partial charge in [-0.3, -0.25) is 9.59 Å². The maximum absolute atomic E-state index is 12.4. The number of rotatable bonds is 6. The Hall–Kier alpha value is -3.64. The highest BCUT2D eigenvalue weighted by Crippen LogP contribution is 2.16. The van der Waals surface area contributed by atoms with E-state index >= 15 is 0 Å². The van der Waals surface area contributed by atoms with Gasteiger partial charge in [0.05, 0.1) is 13.3 Å². The largest absolute Gasteiger partial charge is 0.496 e. The Morgan fingerprint density at radius 3 is 2.41 bits per heavy atom. The van der Waals surface area contributed by atoms with Crippen molar-refractivity contribution in [3.63, 3.8) is 0 Å². The van der Waals surface area contributed by atoms with Crippen LogP contribution in [0.25, 0.3) is 0 Å². The number of hydrogen-bond donors (Lipinski definition) is 2. The average Bonchev–Trinajstić information content (AvgIpc) is 2.74. The molecule has 7 heteroatoms. The van der Waals surface area contributed by atoms with Crippen molar-refractivity contribution in [3.05, 3.63) is 94.5 Å². The molecule has 29 heavy (non-hydrogen) atoms. The second-order valence-electron chi connectivity index (χ2n) is 5.99. The van der Waals surface area contributed by atoms with Gasteiger partial charge in [0.15, 0.2) is 0 Å². The van der Waals surface area contributed by atoms with Gasteiger partial charge in [-0.05, 0) is 48.5 Å². The summed E-state index contributed by atoms with van der Waals surface area (Å²) in [4.78, 5) is 24.7. The van der Waals surface area contributed by atoms with Crippen LogP contribution in [0.15, 0.2) is 77.9 Å². The van der Waals surface area contributed by atoms with Gasteiger partial charge in [0.25, 0.3) is 11.8 Å². The lowest BCUT2D eigenvalue weighted by Gasteiger charge is -2.07. The van der Waals surface area contributed by atoms with Crippen LogP contribution in [0.4, 0.5) is 5.69 Å². The summed E-state index contributed by atoms with van der Waals surface area (Å²) in [7, 11) is 1.56. The Morgan fingerprint density at radius 2 is 1.66 bits per heavy atom. The fourth-order valence-electron chi connectivity index (χ4n) is 2.57. The van der Waals surface area contributed by atoms with E-state index in [1.165, 1.54) is 6.21 Å². The molecular formula is C22H18ClN3O3. The SMILES string of the molecule is COc1ccccc1/C=N/NC(=O)c1cccc(NC(=O)c2cccc(Cl)c2)c1. The molecule has 0 heterocycles. The summed E-state index contributed by atoms with van der Waals surface area (Å²) in [5, 5.41) is 7.18. The van der Waals surface area contributed by atoms with Crippen molar-refractivity contribution in [3.8, 4) is 5.75 Å². The molecule has 0 spiro atoms.